The molecule has 0 N–H and O–H groups in total. The van der Waals surface area contributed by atoms with Crippen molar-refractivity contribution in [1.29, 1.82) is 0 Å². The fourth-order valence-corrected chi connectivity index (χ4v) is 4.52. The molecular weight excluding hydrogens is 366 g/mol. The summed E-state index contributed by atoms with van der Waals surface area (Å²) in [6.45, 7) is 0.615. The Balaban J connectivity index is 1.60. The Morgan fingerprint density at radius 3 is 2.67 bits per heavy atom. The second-order valence-corrected chi connectivity index (χ2v) is 7.59. The highest BCUT2D eigenvalue weighted by atomic mass is 32.1. The monoisotopic (exact) mass is 384 g/mol. The van der Waals surface area contributed by atoms with E-state index in [1.165, 1.54) is 30.4 Å². The lowest BCUT2D eigenvalue weighted by atomic mass is 10.0. The number of piperidine rings is 1. The Labute approximate surface area is 160 Å². The van der Waals surface area contributed by atoms with Gasteiger partial charge in [-0.2, -0.15) is 0 Å². The minimum Gasteiger partial charge on any atom is -0.330 e. The van der Waals surface area contributed by atoms with Gasteiger partial charge >= 0.3 is 0 Å². The molecule has 1 aromatic heterocycles. The van der Waals surface area contributed by atoms with E-state index in [-0.39, 0.29) is 17.5 Å². The molecule has 1 amide bonds. The molecule has 0 saturated carbocycles. The van der Waals surface area contributed by atoms with E-state index in [9.17, 15) is 13.6 Å². The van der Waals surface area contributed by atoms with Crippen molar-refractivity contribution < 1.29 is 13.6 Å². The van der Waals surface area contributed by atoms with Crippen molar-refractivity contribution in [1.82, 2.24) is 9.88 Å². The van der Waals surface area contributed by atoms with Crippen molar-refractivity contribution >= 4 is 33.5 Å². The minimum atomic E-state index is -0.680. The summed E-state index contributed by atoms with van der Waals surface area (Å²) in [5, 5.41) is 0.912. The fraction of sp³-hybridized carbons (Fsp3) is 0.238. The third-order valence-electron chi connectivity index (χ3n) is 4.77. The van der Waals surface area contributed by atoms with Crippen LogP contribution in [-0.2, 0) is 4.79 Å². The first-order valence-corrected chi connectivity index (χ1v) is 9.73. The number of para-hydroxylation sites is 1. The van der Waals surface area contributed by atoms with E-state index in [4.69, 9.17) is 4.98 Å². The Bertz CT molecular complexity index is 961. The van der Waals surface area contributed by atoms with Crippen molar-refractivity contribution in [2.75, 3.05) is 6.54 Å². The number of thiazole rings is 1. The van der Waals surface area contributed by atoms with Crippen LogP contribution in [0.25, 0.3) is 16.3 Å². The van der Waals surface area contributed by atoms with Crippen LogP contribution < -0.4 is 0 Å². The number of halogens is 2. The Hall–Kier alpha value is -2.60. The molecule has 27 heavy (non-hydrogen) atoms. The molecule has 0 spiro atoms. The highest BCUT2D eigenvalue weighted by Crippen LogP contribution is 2.35. The highest BCUT2D eigenvalue weighted by Gasteiger charge is 2.29. The molecule has 1 atom stereocenters. The molecule has 138 valence electrons. The number of benzene rings is 2. The van der Waals surface area contributed by atoms with Gasteiger partial charge in [-0.25, -0.2) is 13.8 Å². The molecule has 0 aliphatic carbocycles. The Kier molecular flexibility index (Phi) is 4.99. The zero-order chi connectivity index (χ0) is 18.8. The standard InChI is InChI=1S/C21H18F2N2OS/c22-15-6-5-7-16(23)14(15)11-12-20(26)25-13-4-3-9-18(25)21-24-17-8-1-2-10-19(17)27-21/h1-2,5-8,10-12,18H,3-4,9,13H2. The second-order valence-electron chi connectivity index (χ2n) is 6.53. The van der Waals surface area contributed by atoms with Gasteiger partial charge in [-0.15, -0.1) is 11.3 Å². The summed E-state index contributed by atoms with van der Waals surface area (Å²) in [7, 11) is 0. The van der Waals surface area contributed by atoms with Gasteiger partial charge in [-0.05, 0) is 49.6 Å². The molecule has 1 fully saturated rings. The lowest BCUT2D eigenvalue weighted by molar-refractivity contribution is -0.129. The lowest BCUT2D eigenvalue weighted by Crippen LogP contribution is -2.37. The van der Waals surface area contributed by atoms with Gasteiger partial charge in [0.2, 0.25) is 5.91 Å². The first-order valence-electron chi connectivity index (χ1n) is 8.91. The van der Waals surface area contributed by atoms with Crippen LogP contribution in [0.2, 0.25) is 0 Å². The van der Waals surface area contributed by atoms with Crippen LogP contribution in [-0.4, -0.2) is 22.3 Å². The Morgan fingerprint density at radius 2 is 1.89 bits per heavy atom. The number of carbonyl (C=O) groups excluding carboxylic acids is 1. The molecule has 1 saturated heterocycles. The predicted octanol–water partition coefficient (Wildman–Crippen LogP) is 5.34. The largest absolute Gasteiger partial charge is 0.330 e. The van der Waals surface area contributed by atoms with Gasteiger partial charge in [0.05, 0.1) is 16.3 Å². The van der Waals surface area contributed by atoms with Gasteiger partial charge in [0.25, 0.3) is 0 Å². The SMILES string of the molecule is O=C(C=Cc1c(F)cccc1F)N1CCCCC1c1nc2ccccc2s1. The normalized spacial score (nSPS) is 17.7. The second kappa shape index (κ2) is 7.56. The van der Waals surface area contributed by atoms with Gasteiger partial charge < -0.3 is 4.90 Å². The van der Waals surface area contributed by atoms with Crippen LogP contribution in [0.5, 0.6) is 0 Å². The highest BCUT2D eigenvalue weighted by molar-refractivity contribution is 7.18. The minimum absolute atomic E-state index is 0.0984. The van der Waals surface area contributed by atoms with E-state index < -0.39 is 11.6 Å². The summed E-state index contributed by atoms with van der Waals surface area (Å²) in [4.78, 5) is 19.2. The van der Waals surface area contributed by atoms with Crippen LogP contribution in [0.3, 0.4) is 0 Å². The predicted molar refractivity (Wildman–Crippen MR) is 103 cm³/mol. The van der Waals surface area contributed by atoms with Crippen molar-refractivity contribution in [3.05, 3.63) is 70.7 Å². The van der Waals surface area contributed by atoms with Crippen LogP contribution in [0, 0.1) is 11.6 Å². The first kappa shape index (κ1) is 17.8. The van der Waals surface area contributed by atoms with Crippen molar-refractivity contribution in [2.24, 2.45) is 0 Å². The smallest absolute Gasteiger partial charge is 0.247 e. The lowest BCUT2D eigenvalue weighted by Gasteiger charge is -2.33. The summed E-state index contributed by atoms with van der Waals surface area (Å²) in [5.41, 5.74) is 0.735. The van der Waals surface area contributed by atoms with Crippen molar-refractivity contribution in [3.8, 4) is 0 Å². The molecule has 2 heterocycles. The van der Waals surface area contributed by atoms with Crippen LogP contribution in [0.4, 0.5) is 8.78 Å². The summed E-state index contributed by atoms with van der Waals surface area (Å²) in [6.07, 6.45) is 5.25. The molecule has 1 unspecified atom stereocenters. The van der Waals surface area contributed by atoms with Gasteiger partial charge in [-0.3, -0.25) is 4.79 Å². The molecule has 4 rings (SSSR count). The van der Waals surface area contributed by atoms with Gasteiger partial charge in [0.15, 0.2) is 0 Å². The molecule has 1 aliphatic heterocycles. The number of nitrogens with zero attached hydrogens (tertiary/aromatic N) is 2. The van der Waals surface area contributed by atoms with Gasteiger partial charge in [-0.1, -0.05) is 18.2 Å². The summed E-state index contributed by atoms with van der Waals surface area (Å²) in [5.74, 6) is -1.61. The summed E-state index contributed by atoms with van der Waals surface area (Å²) >= 11 is 1.60. The van der Waals surface area contributed by atoms with E-state index in [1.807, 2.05) is 24.3 Å². The Morgan fingerprint density at radius 1 is 1.11 bits per heavy atom. The van der Waals surface area contributed by atoms with Crippen LogP contribution in [0.1, 0.15) is 35.9 Å². The third kappa shape index (κ3) is 3.62. The number of hydrogen-bond donors (Lipinski definition) is 0. The fourth-order valence-electron chi connectivity index (χ4n) is 3.40. The number of amides is 1. The topological polar surface area (TPSA) is 33.2 Å². The van der Waals surface area contributed by atoms with E-state index in [2.05, 4.69) is 0 Å². The quantitative estimate of drug-likeness (QED) is 0.571. The number of carbonyl (C=O) groups is 1. The number of hydrogen-bond acceptors (Lipinski definition) is 3. The maximum atomic E-state index is 13.8. The summed E-state index contributed by atoms with van der Waals surface area (Å²) < 4.78 is 28.6. The summed E-state index contributed by atoms with van der Waals surface area (Å²) in [6, 6.07) is 11.5. The zero-order valence-corrected chi connectivity index (χ0v) is 15.4. The van der Waals surface area contributed by atoms with E-state index >= 15 is 0 Å². The number of aromatic nitrogens is 1. The molecule has 0 radical (unpaired) electrons. The van der Waals surface area contributed by atoms with E-state index in [0.717, 1.165) is 34.5 Å². The molecule has 0 bridgehead atoms. The molecule has 3 aromatic rings. The van der Waals surface area contributed by atoms with Crippen molar-refractivity contribution in [2.45, 2.75) is 25.3 Å². The molecule has 1 aliphatic rings. The zero-order valence-electron chi connectivity index (χ0n) is 14.6. The molecule has 3 nitrogen and oxygen atoms in total. The van der Waals surface area contributed by atoms with Crippen LogP contribution >= 0.6 is 11.3 Å². The maximum Gasteiger partial charge on any atom is 0.247 e. The molecule has 2 aromatic carbocycles. The average Bonchev–Trinajstić information content (AvgIpc) is 3.11. The van der Waals surface area contributed by atoms with Gasteiger partial charge in [0.1, 0.15) is 16.6 Å². The molecular formula is C21H18F2N2OS. The first-order chi connectivity index (χ1) is 13.1. The van der Waals surface area contributed by atoms with Crippen LogP contribution in [0.15, 0.2) is 48.5 Å². The number of fused-ring (bicyclic) bond motifs is 1. The number of rotatable bonds is 3. The molecule has 6 heteroatoms. The van der Waals surface area contributed by atoms with Gasteiger partial charge in [0, 0.05) is 18.2 Å². The van der Waals surface area contributed by atoms with E-state index in [1.54, 1.807) is 16.2 Å². The average molecular weight is 384 g/mol. The third-order valence-corrected chi connectivity index (χ3v) is 5.91. The number of likely N-dealkylation sites (tertiary alicyclic amines) is 1. The van der Waals surface area contributed by atoms with E-state index in [0.29, 0.717) is 6.54 Å². The maximum absolute atomic E-state index is 13.8. The van der Waals surface area contributed by atoms with Crippen molar-refractivity contribution in [3.63, 3.8) is 0 Å².